The molecule has 1 heterocycles. The number of aromatic nitrogens is 2. The van der Waals surface area contributed by atoms with Crippen LogP contribution in [0.15, 0.2) is 6.20 Å². The number of nitrogens with one attached hydrogen (secondary N) is 1. The molecule has 7 heteroatoms. The Morgan fingerprint density at radius 2 is 2.24 bits per heavy atom. The first kappa shape index (κ1) is 15.5. The van der Waals surface area contributed by atoms with Gasteiger partial charge in [-0.2, -0.15) is 5.10 Å². The molecule has 0 fully saturated rings. The molecule has 2 rings (SSSR count). The summed E-state index contributed by atoms with van der Waals surface area (Å²) >= 11 is 0. The summed E-state index contributed by atoms with van der Waals surface area (Å²) < 4.78 is 1.79. The van der Waals surface area contributed by atoms with Gasteiger partial charge in [0.25, 0.3) is 0 Å². The van der Waals surface area contributed by atoms with Crippen LogP contribution in [0, 0.1) is 0 Å². The summed E-state index contributed by atoms with van der Waals surface area (Å²) in [6.45, 7) is 0.509. The van der Waals surface area contributed by atoms with Crippen molar-refractivity contribution in [3.05, 3.63) is 17.5 Å². The van der Waals surface area contributed by atoms with Crippen molar-refractivity contribution in [1.82, 2.24) is 15.1 Å². The smallest absolute Gasteiger partial charge is 0.303 e. The average molecular weight is 295 g/mol. The van der Waals surface area contributed by atoms with Crippen LogP contribution in [-0.4, -0.2) is 38.5 Å². The van der Waals surface area contributed by atoms with Crippen molar-refractivity contribution in [1.29, 1.82) is 0 Å². The molecule has 1 aromatic heterocycles. The van der Waals surface area contributed by atoms with E-state index in [2.05, 4.69) is 10.4 Å². The van der Waals surface area contributed by atoms with E-state index in [1.807, 2.05) is 0 Å². The maximum Gasteiger partial charge on any atom is 0.303 e. The zero-order valence-corrected chi connectivity index (χ0v) is 11.9. The van der Waals surface area contributed by atoms with Gasteiger partial charge in [0.1, 0.15) is 0 Å². The summed E-state index contributed by atoms with van der Waals surface area (Å²) in [5, 5.41) is 24.8. The number of carbonyl (C=O) groups is 2. The predicted octanol–water partition coefficient (Wildman–Crippen LogP) is 0.624. The molecule has 0 spiro atoms. The Kier molecular flexibility index (Phi) is 5.32. The van der Waals surface area contributed by atoms with E-state index in [1.165, 1.54) is 0 Å². The van der Waals surface area contributed by atoms with Crippen LogP contribution in [0.2, 0.25) is 0 Å². The van der Waals surface area contributed by atoms with Gasteiger partial charge >= 0.3 is 5.97 Å². The highest BCUT2D eigenvalue weighted by atomic mass is 16.4. The van der Waals surface area contributed by atoms with Gasteiger partial charge in [-0.3, -0.25) is 14.3 Å². The fourth-order valence-corrected chi connectivity index (χ4v) is 2.72. The Hall–Kier alpha value is -1.89. The first-order valence-corrected chi connectivity index (χ1v) is 7.28. The summed E-state index contributed by atoms with van der Waals surface area (Å²) in [6.07, 6.45) is 5.07. The van der Waals surface area contributed by atoms with Gasteiger partial charge in [0.05, 0.1) is 25.4 Å². The summed E-state index contributed by atoms with van der Waals surface area (Å²) in [4.78, 5) is 22.3. The molecule has 1 atom stereocenters. The SMILES string of the molecule is O=C(O)CCCC(=O)NC1CCCc2c1cnn2CCO. The monoisotopic (exact) mass is 295 g/mol. The largest absolute Gasteiger partial charge is 0.481 e. The molecule has 0 aromatic carbocycles. The second-order valence-corrected chi connectivity index (χ2v) is 5.25. The Morgan fingerprint density at radius 1 is 1.43 bits per heavy atom. The summed E-state index contributed by atoms with van der Waals surface area (Å²) in [7, 11) is 0. The van der Waals surface area contributed by atoms with Crippen LogP contribution in [0.5, 0.6) is 0 Å². The maximum atomic E-state index is 11.9. The van der Waals surface area contributed by atoms with Crippen molar-refractivity contribution in [2.24, 2.45) is 0 Å². The van der Waals surface area contributed by atoms with E-state index in [4.69, 9.17) is 10.2 Å². The number of carboxylic acids is 1. The predicted molar refractivity (Wildman–Crippen MR) is 74.6 cm³/mol. The second kappa shape index (κ2) is 7.21. The topological polar surface area (TPSA) is 104 Å². The van der Waals surface area contributed by atoms with E-state index >= 15 is 0 Å². The van der Waals surface area contributed by atoms with Gasteiger partial charge in [-0.05, 0) is 25.7 Å². The third kappa shape index (κ3) is 4.04. The minimum absolute atomic E-state index is 0.0117. The molecule has 3 N–H and O–H groups in total. The van der Waals surface area contributed by atoms with Gasteiger partial charge in [-0.25, -0.2) is 0 Å². The molecule has 1 amide bonds. The zero-order valence-electron chi connectivity index (χ0n) is 11.9. The first-order valence-electron chi connectivity index (χ1n) is 7.28. The highest BCUT2D eigenvalue weighted by molar-refractivity contribution is 5.77. The lowest BCUT2D eigenvalue weighted by Gasteiger charge is -2.24. The highest BCUT2D eigenvalue weighted by Crippen LogP contribution is 2.29. The maximum absolute atomic E-state index is 11.9. The van der Waals surface area contributed by atoms with Gasteiger partial charge in [-0.1, -0.05) is 0 Å². The number of amides is 1. The molecule has 21 heavy (non-hydrogen) atoms. The number of carboxylic acid groups (broad SMARTS) is 1. The van der Waals surface area contributed by atoms with Crippen LogP contribution in [0.4, 0.5) is 0 Å². The molecule has 1 aliphatic carbocycles. The number of rotatable bonds is 7. The lowest BCUT2D eigenvalue weighted by atomic mass is 9.93. The van der Waals surface area contributed by atoms with Gasteiger partial charge in [0, 0.05) is 24.1 Å². The highest BCUT2D eigenvalue weighted by Gasteiger charge is 2.25. The lowest BCUT2D eigenvalue weighted by Crippen LogP contribution is -2.31. The minimum Gasteiger partial charge on any atom is -0.481 e. The molecule has 0 radical (unpaired) electrons. The first-order chi connectivity index (χ1) is 10.1. The van der Waals surface area contributed by atoms with E-state index < -0.39 is 5.97 Å². The van der Waals surface area contributed by atoms with Crippen LogP contribution in [0.1, 0.15) is 49.4 Å². The molecule has 0 saturated heterocycles. The van der Waals surface area contributed by atoms with Crippen LogP contribution >= 0.6 is 0 Å². The van der Waals surface area contributed by atoms with E-state index in [0.29, 0.717) is 13.0 Å². The molecule has 0 saturated carbocycles. The van der Waals surface area contributed by atoms with Gasteiger partial charge in [-0.15, -0.1) is 0 Å². The van der Waals surface area contributed by atoms with Crippen molar-refractivity contribution in [2.75, 3.05) is 6.61 Å². The molecule has 116 valence electrons. The fourth-order valence-electron chi connectivity index (χ4n) is 2.72. The average Bonchev–Trinajstić information content (AvgIpc) is 2.83. The van der Waals surface area contributed by atoms with Gasteiger partial charge in [0.2, 0.25) is 5.91 Å². The second-order valence-electron chi connectivity index (χ2n) is 5.25. The fraction of sp³-hybridized carbons (Fsp3) is 0.643. The molecule has 0 aliphatic heterocycles. The molecule has 7 nitrogen and oxygen atoms in total. The van der Waals surface area contributed by atoms with Crippen LogP contribution < -0.4 is 5.32 Å². The molecule has 1 unspecified atom stereocenters. The summed E-state index contributed by atoms with van der Waals surface area (Å²) in [6, 6.07) is -0.0569. The molecular weight excluding hydrogens is 274 g/mol. The Bertz CT molecular complexity index is 512. The number of aliphatic hydroxyl groups excluding tert-OH is 1. The van der Waals surface area contributed by atoms with Crippen molar-refractivity contribution < 1.29 is 19.8 Å². The number of nitrogens with zero attached hydrogens (tertiary/aromatic N) is 2. The third-order valence-corrected chi connectivity index (χ3v) is 3.70. The normalized spacial score (nSPS) is 17.3. The molecule has 1 aliphatic rings. The van der Waals surface area contributed by atoms with Crippen LogP contribution in [0.25, 0.3) is 0 Å². The number of carbonyl (C=O) groups excluding carboxylic acids is 1. The van der Waals surface area contributed by atoms with E-state index in [9.17, 15) is 9.59 Å². The number of hydrogen-bond donors (Lipinski definition) is 3. The van der Waals surface area contributed by atoms with Crippen LogP contribution in [0.3, 0.4) is 0 Å². The Balaban J connectivity index is 1.93. The van der Waals surface area contributed by atoms with E-state index in [-0.39, 0.29) is 31.4 Å². The van der Waals surface area contributed by atoms with E-state index in [1.54, 1.807) is 10.9 Å². The quantitative estimate of drug-likeness (QED) is 0.684. The van der Waals surface area contributed by atoms with Gasteiger partial charge < -0.3 is 15.5 Å². The third-order valence-electron chi connectivity index (χ3n) is 3.70. The number of hydrogen-bond acceptors (Lipinski definition) is 4. The summed E-state index contributed by atoms with van der Waals surface area (Å²) in [5.74, 6) is -1.00. The van der Waals surface area contributed by atoms with Crippen molar-refractivity contribution >= 4 is 11.9 Å². The zero-order chi connectivity index (χ0) is 15.2. The Morgan fingerprint density at radius 3 is 2.95 bits per heavy atom. The van der Waals surface area contributed by atoms with Crippen molar-refractivity contribution in [3.8, 4) is 0 Å². The lowest BCUT2D eigenvalue weighted by molar-refractivity contribution is -0.137. The molecular formula is C14H21N3O4. The van der Waals surface area contributed by atoms with E-state index in [0.717, 1.165) is 30.5 Å². The van der Waals surface area contributed by atoms with Gasteiger partial charge in [0.15, 0.2) is 0 Å². The number of fused-ring (bicyclic) bond motifs is 1. The van der Waals surface area contributed by atoms with Crippen LogP contribution in [-0.2, 0) is 22.6 Å². The number of aliphatic carboxylic acids is 1. The summed E-state index contributed by atoms with van der Waals surface area (Å²) in [5.41, 5.74) is 2.09. The Labute approximate surface area is 123 Å². The van der Waals surface area contributed by atoms with Crippen molar-refractivity contribution in [2.45, 2.75) is 51.1 Å². The standard InChI is InChI=1S/C14H21N3O4/c18-8-7-17-12-4-1-3-11(10(12)9-15-17)16-13(19)5-2-6-14(20)21/h9,11,18H,1-8H2,(H,16,19)(H,20,21). The molecule has 0 bridgehead atoms. The molecule has 1 aromatic rings. The minimum atomic E-state index is -0.881. The number of aliphatic hydroxyl groups is 1. The van der Waals surface area contributed by atoms with Crippen molar-refractivity contribution in [3.63, 3.8) is 0 Å².